The SMILES string of the molecule is CC(=CC(C)CC(Cl)CCl)C[O]. The Bertz CT molecular complexity index is 145. The van der Waals surface area contributed by atoms with Gasteiger partial charge < -0.3 is 0 Å². The normalized spacial score (nSPS) is 17.6. The molecule has 0 aliphatic carbocycles. The molecular weight excluding hydrogens is 195 g/mol. The van der Waals surface area contributed by atoms with E-state index in [4.69, 9.17) is 23.2 Å². The minimum absolute atomic E-state index is 0.0115. The average molecular weight is 210 g/mol. The molecule has 1 nitrogen and oxygen atoms in total. The minimum Gasteiger partial charge on any atom is -0.232 e. The molecule has 0 rings (SSSR count). The van der Waals surface area contributed by atoms with Crippen LogP contribution in [0.3, 0.4) is 0 Å². The maximum Gasteiger partial charge on any atom is 0.103 e. The Labute approximate surface area is 84.4 Å². The van der Waals surface area contributed by atoms with Gasteiger partial charge in [-0.15, -0.1) is 23.2 Å². The van der Waals surface area contributed by atoms with Crippen LogP contribution < -0.4 is 0 Å². The number of alkyl halides is 2. The molecule has 0 heterocycles. The van der Waals surface area contributed by atoms with Gasteiger partial charge in [-0.1, -0.05) is 13.0 Å². The first-order valence-corrected chi connectivity index (χ1v) is 5.02. The van der Waals surface area contributed by atoms with Crippen molar-refractivity contribution in [3.05, 3.63) is 11.6 Å². The van der Waals surface area contributed by atoms with E-state index in [0.29, 0.717) is 11.8 Å². The molecule has 0 fully saturated rings. The molecule has 0 bridgehead atoms. The highest BCUT2D eigenvalue weighted by atomic mass is 35.5. The monoisotopic (exact) mass is 209 g/mol. The van der Waals surface area contributed by atoms with Crippen LogP contribution in [0.5, 0.6) is 0 Å². The van der Waals surface area contributed by atoms with Gasteiger partial charge in [0.05, 0.1) is 0 Å². The molecule has 0 saturated carbocycles. The molecule has 0 aromatic rings. The van der Waals surface area contributed by atoms with Gasteiger partial charge in [0.15, 0.2) is 0 Å². The van der Waals surface area contributed by atoms with Gasteiger partial charge >= 0.3 is 0 Å². The van der Waals surface area contributed by atoms with Crippen molar-refractivity contribution in [1.82, 2.24) is 0 Å². The second-order valence-corrected chi connectivity index (χ2v) is 4.05. The second-order valence-electron chi connectivity index (χ2n) is 3.12. The molecule has 0 spiro atoms. The lowest BCUT2D eigenvalue weighted by Crippen LogP contribution is -2.06. The molecule has 1 radical (unpaired) electrons. The Morgan fingerprint density at radius 1 is 1.58 bits per heavy atom. The molecule has 0 N–H and O–H groups in total. The van der Waals surface area contributed by atoms with Gasteiger partial charge in [-0.3, -0.25) is 0 Å². The van der Waals surface area contributed by atoms with Crippen molar-refractivity contribution in [2.24, 2.45) is 5.92 Å². The zero-order valence-electron chi connectivity index (χ0n) is 7.52. The van der Waals surface area contributed by atoms with E-state index in [1.165, 1.54) is 0 Å². The Kier molecular flexibility index (Phi) is 6.92. The molecule has 0 amide bonds. The van der Waals surface area contributed by atoms with Crippen molar-refractivity contribution >= 4 is 23.2 Å². The summed E-state index contributed by atoms with van der Waals surface area (Å²) in [6.45, 7) is 3.76. The molecule has 0 aliphatic rings. The molecule has 2 atom stereocenters. The fraction of sp³-hybridized carbons (Fsp3) is 0.778. The quantitative estimate of drug-likeness (QED) is 0.490. The number of hydrogen-bond acceptors (Lipinski definition) is 0. The maximum atomic E-state index is 10.4. The lowest BCUT2D eigenvalue weighted by atomic mass is 10.0. The highest BCUT2D eigenvalue weighted by molar-refractivity contribution is 6.28. The first kappa shape index (κ1) is 12.3. The minimum atomic E-state index is -0.127. The molecule has 0 aromatic heterocycles. The summed E-state index contributed by atoms with van der Waals surface area (Å²) >= 11 is 11.4. The molecule has 71 valence electrons. The third-order valence-corrected chi connectivity index (χ3v) is 2.45. The van der Waals surface area contributed by atoms with Gasteiger partial charge in [-0.25, -0.2) is 5.11 Å². The molecule has 3 heteroatoms. The van der Waals surface area contributed by atoms with E-state index in [2.05, 4.69) is 0 Å². The average Bonchev–Trinajstić information content (AvgIpc) is 2.03. The zero-order valence-corrected chi connectivity index (χ0v) is 9.03. The molecule has 2 unspecified atom stereocenters. The number of halogens is 2. The largest absolute Gasteiger partial charge is 0.232 e. The summed E-state index contributed by atoms with van der Waals surface area (Å²) in [6.07, 6.45) is 2.80. The molecule has 0 saturated heterocycles. The third-order valence-electron chi connectivity index (χ3n) is 1.59. The Balaban J connectivity index is 3.80. The lowest BCUT2D eigenvalue weighted by molar-refractivity contribution is 0.222. The van der Waals surface area contributed by atoms with Crippen LogP contribution in [-0.4, -0.2) is 17.9 Å². The zero-order chi connectivity index (χ0) is 9.56. The third kappa shape index (κ3) is 5.87. The van der Waals surface area contributed by atoms with Crippen LogP contribution in [0.1, 0.15) is 20.3 Å². The van der Waals surface area contributed by atoms with E-state index in [1.807, 2.05) is 19.9 Å². The number of hydrogen-bond donors (Lipinski definition) is 0. The van der Waals surface area contributed by atoms with E-state index >= 15 is 0 Å². The summed E-state index contributed by atoms with van der Waals surface area (Å²) in [5.41, 5.74) is 0.876. The molecular formula is C9H15Cl2O. The maximum absolute atomic E-state index is 10.4. The summed E-state index contributed by atoms with van der Waals surface area (Å²) in [6, 6.07) is 0. The second kappa shape index (κ2) is 6.76. The van der Waals surface area contributed by atoms with Gasteiger partial charge in [0.2, 0.25) is 0 Å². The van der Waals surface area contributed by atoms with E-state index in [-0.39, 0.29) is 12.0 Å². The van der Waals surface area contributed by atoms with E-state index in [9.17, 15) is 5.11 Å². The number of rotatable bonds is 5. The van der Waals surface area contributed by atoms with E-state index < -0.39 is 0 Å². The van der Waals surface area contributed by atoms with Gasteiger partial charge in [0.25, 0.3) is 0 Å². The van der Waals surface area contributed by atoms with Crippen molar-refractivity contribution in [1.29, 1.82) is 0 Å². The van der Waals surface area contributed by atoms with Crippen LogP contribution in [0.2, 0.25) is 0 Å². The van der Waals surface area contributed by atoms with E-state index in [0.717, 1.165) is 12.0 Å². The van der Waals surface area contributed by atoms with Crippen molar-refractivity contribution in [2.75, 3.05) is 12.5 Å². The van der Waals surface area contributed by atoms with Crippen LogP contribution >= 0.6 is 23.2 Å². The van der Waals surface area contributed by atoms with E-state index in [1.54, 1.807) is 0 Å². The first-order chi connectivity index (χ1) is 5.60. The van der Waals surface area contributed by atoms with Gasteiger partial charge in [-0.05, 0) is 24.8 Å². The molecule has 12 heavy (non-hydrogen) atoms. The summed E-state index contributed by atoms with van der Waals surface area (Å²) in [5.74, 6) is 0.816. The van der Waals surface area contributed by atoms with Crippen LogP contribution in [-0.2, 0) is 5.11 Å². The fourth-order valence-corrected chi connectivity index (χ4v) is 1.48. The van der Waals surface area contributed by atoms with Gasteiger partial charge in [0.1, 0.15) is 6.61 Å². The summed E-state index contributed by atoms with van der Waals surface area (Å²) in [5, 5.41) is 10.4. The first-order valence-electron chi connectivity index (χ1n) is 4.05. The summed E-state index contributed by atoms with van der Waals surface area (Å²) < 4.78 is 0. The number of allylic oxidation sites excluding steroid dienone is 1. The Hall–Kier alpha value is 0.280. The lowest BCUT2D eigenvalue weighted by Gasteiger charge is -2.10. The Morgan fingerprint density at radius 3 is 2.58 bits per heavy atom. The smallest absolute Gasteiger partial charge is 0.103 e. The van der Waals surface area contributed by atoms with Crippen LogP contribution in [0.25, 0.3) is 0 Å². The summed E-state index contributed by atoms with van der Waals surface area (Å²) in [7, 11) is 0. The highest BCUT2D eigenvalue weighted by Gasteiger charge is 2.07. The van der Waals surface area contributed by atoms with Crippen LogP contribution in [0.15, 0.2) is 11.6 Å². The van der Waals surface area contributed by atoms with Crippen molar-refractivity contribution < 1.29 is 5.11 Å². The standard InChI is InChI=1S/C9H15Cl2O/c1-7(3-8(2)6-12)4-9(11)5-10/h3,7,9H,4-6H2,1-2H3. The van der Waals surface area contributed by atoms with Gasteiger partial charge in [-0.2, -0.15) is 0 Å². The molecule has 0 aliphatic heterocycles. The van der Waals surface area contributed by atoms with Crippen LogP contribution in [0, 0.1) is 5.92 Å². The highest BCUT2D eigenvalue weighted by Crippen LogP contribution is 2.15. The summed E-state index contributed by atoms with van der Waals surface area (Å²) in [4.78, 5) is 0. The van der Waals surface area contributed by atoms with Crippen molar-refractivity contribution in [3.63, 3.8) is 0 Å². The Morgan fingerprint density at radius 2 is 2.17 bits per heavy atom. The predicted octanol–water partition coefficient (Wildman–Crippen LogP) is 3.24. The predicted molar refractivity (Wildman–Crippen MR) is 53.5 cm³/mol. The topological polar surface area (TPSA) is 19.9 Å². The molecule has 0 aromatic carbocycles. The van der Waals surface area contributed by atoms with Crippen molar-refractivity contribution in [2.45, 2.75) is 25.6 Å². The van der Waals surface area contributed by atoms with Crippen LogP contribution in [0.4, 0.5) is 0 Å². The van der Waals surface area contributed by atoms with Gasteiger partial charge in [0, 0.05) is 11.3 Å². The van der Waals surface area contributed by atoms with Crippen molar-refractivity contribution in [3.8, 4) is 0 Å². The fourth-order valence-electron chi connectivity index (χ4n) is 1.07.